The summed E-state index contributed by atoms with van der Waals surface area (Å²) < 4.78 is 29.2. The molecule has 7 heteroatoms. The third kappa shape index (κ3) is 3.68. The minimum Gasteiger partial charge on any atom is -0.493 e. The van der Waals surface area contributed by atoms with Gasteiger partial charge in [0.05, 0.1) is 20.3 Å². The Balaban J connectivity index is 1.57. The number of hydrogen-bond acceptors (Lipinski definition) is 5. The van der Waals surface area contributed by atoms with Gasteiger partial charge in [-0.25, -0.2) is 4.39 Å². The van der Waals surface area contributed by atoms with Crippen molar-refractivity contribution in [2.24, 2.45) is 0 Å². The van der Waals surface area contributed by atoms with Crippen LogP contribution in [0.4, 0.5) is 4.39 Å². The Morgan fingerprint density at radius 3 is 2.59 bits per heavy atom. The molecule has 6 nitrogen and oxygen atoms in total. The fourth-order valence-electron chi connectivity index (χ4n) is 3.69. The van der Waals surface area contributed by atoms with Crippen LogP contribution in [-0.4, -0.2) is 36.7 Å². The van der Waals surface area contributed by atoms with Gasteiger partial charge in [0.2, 0.25) is 0 Å². The van der Waals surface area contributed by atoms with Gasteiger partial charge in [-0.3, -0.25) is 4.79 Å². The smallest absolute Gasteiger partial charge is 0.276 e. The molecule has 29 heavy (non-hydrogen) atoms. The lowest BCUT2D eigenvalue weighted by Crippen LogP contribution is -2.30. The molecular formula is C22H21FN2O4. The van der Waals surface area contributed by atoms with Crippen LogP contribution in [0.25, 0.3) is 11.3 Å². The van der Waals surface area contributed by atoms with E-state index in [2.05, 4.69) is 5.16 Å². The van der Waals surface area contributed by atoms with Crippen LogP contribution in [0.15, 0.2) is 53.1 Å². The molecule has 1 fully saturated rings. The van der Waals surface area contributed by atoms with Gasteiger partial charge in [0.15, 0.2) is 23.0 Å². The Morgan fingerprint density at radius 2 is 1.86 bits per heavy atom. The standard InChI is InChI=1S/C22H21FN2O4/c1-27-19-10-7-15(12-21(19)28-2)20-13-17(24-29-20)22(26)25-11-3-4-18(25)14-5-8-16(23)9-6-14/h5-10,12-13,18H,3-4,11H2,1-2H3/t18-/m1/s1. The van der Waals surface area contributed by atoms with Gasteiger partial charge in [0.1, 0.15) is 5.82 Å². The van der Waals surface area contributed by atoms with E-state index in [-0.39, 0.29) is 23.5 Å². The summed E-state index contributed by atoms with van der Waals surface area (Å²) in [7, 11) is 3.12. The number of carbonyl (C=O) groups excluding carboxylic acids is 1. The van der Waals surface area contributed by atoms with Crippen LogP contribution in [-0.2, 0) is 0 Å². The summed E-state index contributed by atoms with van der Waals surface area (Å²) in [5, 5.41) is 3.98. The van der Waals surface area contributed by atoms with Gasteiger partial charge in [-0.1, -0.05) is 17.3 Å². The molecule has 0 N–H and O–H groups in total. The maximum Gasteiger partial charge on any atom is 0.276 e. The number of rotatable bonds is 5. The molecule has 1 saturated heterocycles. The van der Waals surface area contributed by atoms with Crippen LogP contribution in [0.5, 0.6) is 11.5 Å². The Hall–Kier alpha value is -3.35. The molecule has 1 aliphatic rings. The van der Waals surface area contributed by atoms with Gasteiger partial charge in [-0.05, 0) is 48.7 Å². The highest BCUT2D eigenvalue weighted by Gasteiger charge is 2.32. The Morgan fingerprint density at radius 1 is 1.10 bits per heavy atom. The van der Waals surface area contributed by atoms with E-state index in [1.807, 2.05) is 6.07 Å². The van der Waals surface area contributed by atoms with Crippen molar-refractivity contribution in [3.05, 3.63) is 65.6 Å². The molecule has 0 bridgehead atoms. The first kappa shape index (κ1) is 19.0. The molecule has 2 heterocycles. The second-order valence-corrected chi connectivity index (χ2v) is 6.85. The molecule has 1 atom stereocenters. The van der Waals surface area contributed by atoms with E-state index in [0.29, 0.717) is 23.8 Å². The lowest BCUT2D eigenvalue weighted by atomic mass is 10.0. The van der Waals surface area contributed by atoms with E-state index in [0.717, 1.165) is 24.0 Å². The highest BCUT2D eigenvalue weighted by Crippen LogP contribution is 2.35. The van der Waals surface area contributed by atoms with Gasteiger partial charge in [0, 0.05) is 18.2 Å². The molecule has 3 aromatic rings. The molecule has 0 radical (unpaired) electrons. The predicted octanol–water partition coefficient (Wildman–Crippen LogP) is 4.48. The van der Waals surface area contributed by atoms with Crippen molar-refractivity contribution >= 4 is 5.91 Å². The lowest BCUT2D eigenvalue weighted by molar-refractivity contribution is 0.0725. The van der Waals surface area contributed by atoms with Crippen molar-refractivity contribution in [1.29, 1.82) is 0 Å². The summed E-state index contributed by atoms with van der Waals surface area (Å²) >= 11 is 0. The molecule has 1 amide bonds. The van der Waals surface area contributed by atoms with Crippen LogP contribution in [0, 0.1) is 5.82 Å². The molecule has 2 aromatic carbocycles. The van der Waals surface area contributed by atoms with Gasteiger partial charge in [0.25, 0.3) is 5.91 Å². The molecule has 1 aliphatic heterocycles. The number of nitrogens with zero attached hydrogens (tertiary/aromatic N) is 2. The zero-order chi connectivity index (χ0) is 20.4. The van der Waals surface area contributed by atoms with Gasteiger partial charge in [-0.15, -0.1) is 0 Å². The van der Waals surface area contributed by atoms with E-state index in [1.54, 1.807) is 49.5 Å². The first-order chi connectivity index (χ1) is 14.1. The number of halogens is 1. The monoisotopic (exact) mass is 396 g/mol. The number of likely N-dealkylation sites (tertiary alicyclic amines) is 1. The summed E-state index contributed by atoms with van der Waals surface area (Å²) in [4.78, 5) is 14.8. The SMILES string of the molecule is COc1ccc(-c2cc(C(=O)N3CCC[C@@H]3c3ccc(F)cc3)no2)cc1OC. The summed E-state index contributed by atoms with van der Waals surface area (Å²) in [5.41, 5.74) is 1.88. The molecule has 4 rings (SSSR count). The quantitative estimate of drug-likeness (QED) is 0.636. The maximum absolute atomic E-state index is 13.2. The Labute approximate surface area is 167 Å². The number of ether oxygens (including phenoxy) is 2. The molecule has 0 spiro atoms. The minimum absolute atomic E-state index is 0.0932. The van der Waals surface area contributed by atoms with Crippen molar-refractivity contribution in [1.82, 2.24) is 10.1 Å². The van der Waals surface area contributed by atoms with Gasteiger partial charge < -0.3 is 18.9 Å². The maximum atomic E-state index is 13.2. The van der Waals surface area contributed by atoms with Crippen LogP contribution in [0.2, 0.25) is 0 Å². The van der Waals surface area contributed by atoms with Crippen molar-refractivity contribution < 1.29 is 23.2 Å². The number of benzene rings is 2. The fraction of sp³-hybridized carbons (Fsp3) is 0.273. The number of aromatic nitrogens is 1. The van der Waals surface area contributed by atoms with Crippen LogP contribution in [0.1, 0.15) is 34.9 Å². The molecule has 0 aliphatic carbocycles. The van der Waals surface area contributed by atoms with E-state index in [4.69, 9.17) is 14.0 Å². The third-order valence-electron chi connectivity index (χ3n) is 5.17. The average molecular weight is 396 g/mol. The first-order valence-corrected chi connectivity index (χ1v) is 9.36. The fourth-order valence-corrected chi connectivity index (χ4v) is 3.69. The summed E-state index contributed by atoms with van der Waals surface area (Å²) in [6.07, 6.45) is 1.71. The molecule has 1 aromatic heterocycles. The number of methoxy groups -OCH3 is 2. The molecule has 0 saturated carbocycles. The minimum atomic E-state index is -0.291. The van der Waals surface area contributed by atoms with Crippen LogP contribution < -0.4 is 9.47 Å². The second kappa shape index (κ2) is 7.95. The van der Waals surface area contributed by atoms with Crippen LogP contribution >= 0.6 is 0 Å². The lowest BCUT2D eigenvalue weighted by Gasteiger charge is -2.24. The highest BCUT2D eigenvalue weighted by atomic mass is 19.1. The van der Waals surface area contributed by atoms with Gasteiger partial charge >= 0.3 is 0 Å². The second-order valence-electron chi connectivity index (χ2n) is 6.85. The van der Waals surface area contributed by atoms with E-state index < -0.39 is 0 Å². The zero-order valence-electron chi connectivity index (χ0n) is 16.2. The Kier molecular flexibility index (Phi) is 5.20. The summed E-state index contributed by atoms with van der Waals surface area (Å²) in [5.74, 6) is 1.14. The summed E-state index contributed by atoms with van der Waals surface area (Å²) in [6.45, 7) is 0.624. The highest BCUT2D eigenvalue weighted by molar-refractivity contribution is 5.93. The van der Waals surface area contributed by atoms with Crippen molar-refractivity contribution in [2.75, 3.05) is 20.8 Å². The van der Waals surface area contributed by atoms with E-state index in [1.165, 1.54) is 12.1 Å². The van der Waals surface area contributed by atoms with Crippen molar-refractivity contribution in [3.63, 3.8) is 0 Å². The molecular weight excluding hydrogens is 375 g/mol. The largest absolute Gasteiger partial charge is 0.493 e. The number of hydrogen-bond donors (Lipinski definition) is 0. The summed E-state index contributed by atoms with van der Waals surface area (Å²) in [6, 6.07) is 13.2. The Bertz CT molecular complexity index is 1020. The first-order valence-electron chi connectivity index (χ1n) is 9.36. The molecule has 150 valence electrons. The van der Waals surface area contributed by atoms with E-state index in [9.17, 15) is 9.18 Å². The van der Waals surface area contributed by atoms with Gasteiger partial charge in [-0.2, -0.15) is 0 Å². The van der Waals surface area contributed by atoms with Crippen molar-refractivity contribution in [3.8, 4) is 22.8 Å². The van der Waals surface area contributed by atoms with Crippen LogP contribution in [0.3, 0.4) is 0 Å². The number of amides is 1. The zero-order valence-corrected chi connectivity index (χ0v) is 16.2. The molecule has 0 unspecified atom stereocenters. The van der Waals surface area contributed by atoms with Crippen molar-refractivity contribution in [2.45, 2.75) is 18.9 Å². The predicted molar refractivity (Wildman–Crippen MR) is 104 cm³/mol. The normalized spacial score (nSPS) is 16.1. The van der Waals surface area contributed by atoms with E-state index >= 15 is 0 Å². The topological polar surface area (TPSA) is 64.8 Å². The third-order valence-corrected chi connectivity index (χ3v) is 5.17. The average Bonchev–Trinajstić information content (AvgIpc) is 3.43. The number of carbonyl (C=O) groups is 1.